The third kappa shape index (κ3) is 3.17. The molecular weight excluding hydrogens is 346 g/mol. The van der Waals surface area contributed by atoms with Crippen molar-refractivity contribution < 1.29 is 0 Å². The average molecular weight is 364 g/mol. The van der Waals surface area contributed by atoms with Crippen LogP contribution >= 0.6 is 23.1 Å². The fourth-order valence-electron chi connectivity index (χ4n) is 2.86. The van der Waals surface area contributed by atoms with Crippen molar-refractivity contribution in [3.8, 4) is 0 Å². The van der Waals surface area contributed by atoms with Gasteiger partial charge in [0.25, 0.3) is 0 Å². The maximum absolute atomic E-state index is 6.32. The molecule has 0 bridgehead atoms. The first-order chi connectivity index (χ1) is 11.7. The van der Waals surface area contributed by atoms with E-state index in [1.807, 2.05) is 13.0 Å². The van der Waals surface area contributed by atoms with Gasteiger partial charge in [-0.3, -0.25) is 0 Å². The molecule has 0 radical (unpaired) electrons. The van der Waals surface area contributed by atoms with Crippen molar-refractivity contribution in [2.75, 3.05) is 23.7 Å². The topological polar surface area (TPSA) is 90.6 Å². The molecule has 4 heterocycles. The standard InChI is InChI=1S/C15H18ClN7S/c1-8-5-11(24-23-8)20-15-21-13-12(10(16)7-18-13)14(22-15)19-9-3-2-4-17-6-9/h5,7,9,17H,2-4,6H2,1H3,(H3,18,19,20,21,22). The van der Waals surface area contributed by atoms with Gasteiger partial charge in [0, 0.05) is 18.8 Å². The van der Waals surface area contributed by atoms with Gasteiger partial charge in [-0.15, -0.1) is 0 Å². The molecule has 0 saturated carbocycles. The number of hydrogen-bond donors (Lipinski definition) is 4. The Morgan fingerprint density at radius 1 is 1.38 bits per heavy atom. The number of hydrogen-bond acceptors (Lipinski definition) is 7. The van der Waals surface area contributed by atoms with Crippen molar-refractivity contribution in [2.24, 2.45) is 0 Å². The Morgan fingerprint density at radius 2 is 2.29 bits per heavy atom. The quantitative estimate of drug-likeness (QED) is 0.568. The van der Waals surface area contributed by atoms with Crippen LogP contribution in [0.2, 0.25) is 5.02 Å². The van der Waals surface area contributed by atoms with Crippen molar-refractivity contribution >= 4 is 50.9 Å². The van der Waals surface area contributed by atoms with Crippen LogP contribution in [0.15, 0.2) is 12.3 Å². The summed E-state index contributed by atoms with van der Waals surface area (Å²) in [6.45, 7) is 3.95. The summed E-state index contributed by atoms with van der Waals surface area (Å²) in [5.41, 5.74) is 1.68. The lowest BCUT2D eigenvalue weighted by molar-refractivity contribution is 0.479. The highest BCUT2D eigenvalue weighted by atomic mass is 35.5. The molecule has 1 aliphatic rings. The molecule has 0 aromatic carbocycles. The molecule has 3 aromatic rings. The summed E-state index contributed by atoms with van der Waals surface area (Å²) in [6, 6.07) is 2.30. The fraction of sp³-hybridized carbons (Fsp3) is 0.400. The molecule has 7 nitrogen and oxygen atoms in total. The van der Waals surface area contributed by atoms with E-state index >= 15 is 0 Å². The number of piperidine rings is 1. The summed E-state index contributed by atoms with van der Waals surface area (Å²) in [6.07, 6.45) is 4.00. The highest BCUT2D eigenvalue weighted by molar-refractivity contribution is 7.10. The van der Waals surface area contributed by atoms with Crippen LogP contribution in [0.1, 0.15) is 18.5 Å². The summed E-state index contributed by atoms with van der Waals surface area (Å²) in [4.78, 5) is 12.3. The number of aromatic nitrogens is 4. The Hall–Kier alpha value is -1.90. The second kappa shape index (κ2) is 6.54. The number of fused-ring (bicyclic) bond motifs is 1. The van der Waals surface area contributed by atoms with Crippen molar-refractivity contribution in [3.63, 3.8) is 0 Å². The number of halogens is 1. The molecule has 0 aliphatic carbocycles. The van der Waals surface area contributed by atoms with Gasteiger partial charge in [0.15, 0.2) is 0 Å². The molecule has 1 fully saturated rings. The SMILES string of the molecule is Cc1cc(Nc2nc(NC3CCCNC3)c3c(Cl)c[nH]c3n2)sn1. The van der Waals surface area contributed by atoms with Gasteiger partial charge < -0.3 is 20.9 Å². The molecule has 4 rings (SSSR count). The summed E-state index contributed by atoms with van der Waals surface area (Å²) < 4.78 is 4.27. The number of aromatic amines is 1. The van der Waals surface area contributed by atoms with Crippen LogP contribution in [0.4, 0.5) is 16.8 Å². The van der Waals surface area contributed by atoms with Crippen LogP contribution in [-0.4, -0.2) is 38.5 Å². The van der Waals surface area contributed by atoms with E-state index in [2.05, 4.69) is 35.3 Å². The number of H-pyrrole nitrogens is 1. The van der Waals surface area contributed by atoms with Crippen LogP contribution in [0.5, 0.6) is 0 Å². The van der Waals surface area contributed by atoms with Crippen molar-refractivity contribution in [2.45, 2.75) is 25.8 Å². The Morgan fingerprint density at radius 3 is 3.04 bits per heavy atom. The summed E-state index contributed by atoms with van der Waals surface area (Å²) in [5, 5.41) is 12.5. The van der Waals surface area contributed by atoms with Gasteiger partial charge in [-0.2, -0.15) is 14.3 Å². The second-order valence-electron chi connectivity index (χ2n) is 5.90. The number of anilines is 3. The highest BCUT2D eigenvalue weighted by Gasteiger charge is 2.18. The maximum Gasteiger partial charge on any atom is 0.231 e. The fourth-order valence-corrected chi connectivity index (χ4v) is 3.75. The van der Waals surface area contributed by atoms with Gasteiger partial charge in [-0.05, 0) is 43.9 Å². The van der Waals surface area contributed by atoms with Crippen LogP contribution in [0.3, 0.4) is 0 Å². The summed E-state index contributed by atoms with van der Waals surface area (Å²) in [7, 11) is 0. The zero-order chi connectivity index (χ0) is 16.5. The first kappa shape index (κ1) is 15.6. The normalized spacial score (nSPS) is 18.0. The molecule has 24 heavy (non-hydrogen) atoms. The number of aryl methyl sites for hydroxylation is 1. The number of nitrogens with one attached hydrogen (secondary N) is 4. The van der Waals surface area contributed by atoms with Gasteiger partial charge in [-0.25, -0.2) is 0 Å². The first-order valence-corrected chi connectivity index (χ1v) is 9.06. The predicted molar refractivity (Wildman–Crippen MR) is 98.5 cm³/mol. The zero-order valence-corrected chi connectivity index (χ0v) is 14.8. The Balaban J connectivity index is 1.68. The van der Waals surface area contributed by atoms with E-state index in [0.29, 0.717) is 22.7 Å². The molecule has 1 aliphatic heterocycles. The lowest BCUT2D eigenvalue weighted by Gasteiger charge is -2.24. The minimum Gasteiger partial charge on any atom is -0.365 e. The van der Waals surface area contributed by atoms with E-state index in [0.717, 1.165) is 47.8 Å². The Bertz CT molecular complexity index is 853. The smallest absolute Gasteiger partial charge is 0.231 e. The van der Waals surface area contributed by atoms with Crippen LogP contribution in [0.25, 0.3) is 11.0 Å². The predicted octanol–water partition coefficient (Wildman–Crippen LogP) is 3.28. The summed E-state index contributed by atoms with van der Waals surface area (Å²) in [5.74, 6) is 1.28. The van der Waals surface area contributed by atoms with Crippen LogP contribution in [0, 0.1) is 6.92 Å². The van der Waals surface area contributed by atoms with Crippen molar-refractivity contribution in [1.82, 2.24) is 24.6 Å². The molecule has 0 amide bonds. The molecule has 4 N–H and O–H groups in total. The minimum absolute atomic E-state index is 0.335. The first-order valence-electron chi connectivity index (χ1n) is 7.91. The molecule has 1 saturated heterocycles. The number of nitrogens with zero attached hydrogens (tertiary/aromatic N) is 3. The lowest BCUT2D eigenvalue weighted by Crippen LogP contribution is -2.38. The number of rotatable bonds is 4. The largest absolute Gasteiger partial charge is 0.365 e. The van der Waals surface area contributed by atoms with Gasteiger partial charge >= 0.3 is 0 Å². The second-order valence-corrected chi connectivity index (χ2v) is 7.11. The molecule has 9 heteroatoms. The van der Waals surface area contributed by atoms with E-state index in [9.17, 15) is 0 Å². The van der Waals surface area contributed by atoms with Gasteiger partial charge in [0.05, 0.1) is 16.1 Å². The van der Waals surface area contributed by atoms with Crippen LogP contribution < -0.4 is 16.0 Å². The van der Waals surface area contributed by atoms with E-state index in [1.165, 1.54) is 11.5 Å². The average Bonchev–Trinajstić information content (AvgIpc) is 3.15. The highest BCUT2D eigenvalue weighted by Crippen LogP contribution is 2.31. The van der Waals surface area contributed by atoms with Gasteiger partial charge in [0.2, 0.25) is 5.95 Å². The third-order valence-electron chi connectivity index (χ3n) is 3.98. The third-order valence-corrected chi connectivity index (χ3v) is 5.08. The van der Waals surface area contributed by atoms with Crippen molar-refractivity contribution in [1.29, 1.82) is 0 Å². The molecule has 0 spiro atoms. The molecule has 1 unspecified atom stereocenters. The lowest BCUT2D eigenvalue weighted by atomic mass is 10.1. The molecule has 3 aromatic heterocycles. The molecule has 1 atom stereocenters. The van der Waals surface area contributed by atoms with Crippen molar-refractivity contribution in [3.05, 3.63) is 23.0 Å². The molecular formula is C15H18ClN7S. The zero-order valence-electron chi connectivity index (χ0n) is 13.2. The van der Waals surface area contributed by atoms with Gasteiger partial charge in [0.1, 0.15) is 16.5 Å². The van der Waals surface area contributed by atoms with Gasteiger partial charge in [-0.1, -0.05) is 11.6 Å². The maximum atomic E-state index is 6.32. The van der Waals surface area contributed by atoms with E-state index < -0.39 is 0 Å². The van der Waals surface area contributed by atoms with E-state index in [-0.39, 0.29) is 0 Å². The van der Waals surface area contributed by atoms with Crippen LogP contribution in [-0.2, 0) is 0 Å². The summed E-state index contributed by atoms with van der Waals surface area (Å²) >= 11 is 7.70. The molecule has 126 valence electrons. The van der Waals surface area contributed by atoms with E-state index in [1.54, 1.807) is 6.20 Å². The van der Waals surface area contributed by atoms with E-state index in [4.69, 9.17) is 11.6 Å². The Kier molecular flexibility index (Phi) is 4.26. The Labute approximate surface area is 148 Å². The minimum atomic E-state index is 0.335. The monoisotopic (exact) mass is 363 g/mol.